The third-order valence-corrected chi connectivity index (χ3v) is 7.12. The summed E-state index contributed by atoms with van der Waals surface area (Å²) in [5, 5.41) is 12.6. The van der Waals surface area contributed by atoms with E-state index in [2.05, 4.69) is 5.32 Å². The second kappa shape index (κ2) is 10.1. The molecule has 4 heterocycles. The first-order chi connectivity index (χ1) is 18.6. The summed E-state index contributed by atoms with van der Waals surface area (Å²) in [6, 6.07) is 5.73. The van der Waals surface area contributed by atoms with E-state index in [1.807, 2.05) is 20.8 Å². The average Bonchev–Trinajstić information content (AvgIpc) is 3.25. The van der Waals surface area contributed by atoms with Crippen LogP contribution in [0.15, 0.2) is 29.1 Å². The van der Waals surface area contributed by atoms with E-state index < -0.39 is 30.2 Å². The van der Waals surface area contributed by atoms with E-state index in [0.717, 1.165) is 16.5 Å². The largest absolute Gasteiger partial charge is 0.480 e. The molecule has 0 radical (unpaired) electrons. The fourth-order valence-electron chi connectivity index (χ4n) is 5.34. The Balaban J connectivity index is 1.52. The lowest BCUT2D eigenvalue weighted by Crippen LogP contribution is -2.43. The maximum atomic E-state index is 13.4. The summed E-state index contributed by atoms with van der Waals surface area (Å²) in [7, 11) is 1.40. The number of amides is 1. The summed E-state index contributed by atoms with van der Waals surface area (Å²) >= 11 is 0. The molecule has 11 nitrogen and oxygen atoms in total. The van der Waals surface area contributed by atoms with Crippen LogP contribution in [-0.4, -0.2) is 45.8 Å². The summed E-state index contributed by atoms with van der Waals surface area (Å²) in [6.07, 6.45) is -0.942. The molecular formula is C28H29N3O8. The summed E-state index contributed by atoms with van der Waals surface area (Å²) in [5.41, 5.74) is 4.34. The van der Waals surface area contributed by atoms with Crippen LogP contribution in [0.5, 0.6) is 5.75 Å². The van der Waals surface area contributed by atoms with E-state index in [0.29, 0.717) is 41.0 Å². The number of nitrogens with one attached hydrogen (secondary N) is 1. The van der Waals surface area contributed by atoms with Crippen LogP contribution < -0.4 is 15.6 Å². The van der Waals surface area contributed by atoms with Crippen molar-refractivity contribution in [3.8, 4) is 17.1 Å². The Morgan fingerprint density at radius 1 is 1.23 bits per heavy atom. The number of carboxylic acid groups (broad SMARTS) is 1. The van der Waals surface area contributed by atoms with Gasteiger partial charge in [0.25, 0.3) is 5.56 Å². The normalized spacial score (nSPS) is 16.3. The van der Waals surface area contributed by atoms with Crippen LogP contribution in [0.2, 0.25) is 0 Å². The van der Waals surface area contributed by atoms with Crippen molar-refractivity contribution in [2.75, 3.05) is 7.11 Å². The molecule has 1 amide bonds. The van der Waals surface area contributed by atoms with Gasteiger partial charge >= 0.3 is 18.0 Å². The van der Waals surface area contributed by atoms with Gasteiger partial charge in [-0.3, -0.25) is 4.79 Å². The Hall–Kier alpha value is -4.25. The Labute approximate surface area is 223 Å². The summed E-state index contributed by atoms with van der Waals surface area (Å²) in [5.74, 6) is -1.35. The zero-order chi connectivity index (χ0) is 28.0. The van der Waals surface area contributed by atoms with E-state index in [4.69, 9.17) is 19.2 Å². The Bertz CT molecular complexity index is 1580. The molecule has 2 aliphatic heterocycles. The van der Waals surface area contributed by atoms with E-state index in [1.54, 1.807) is 28.8 Å². The number of esters is 1. The number of pyridine rings is 2. The van der Waals surface area contributed by atoms with Crippen molar-refractivity contribution in [2.45, 2.75) is 58.9 Å². The lowest BCUT2D eigenvalue weighted by molar-refractivity contribution is -0.159. The number of carbonyl (C=O) groups excluding carboxylic acids is 2. The number of ether oxygens (including phenoxy) is 3. The number of methoxy groups -OCH3 is 1. The van der Waals surface area contributed by atoms with Gasteiger partial charge in [-0.05, 0) is 48.6 Å². The van der Waals surface area contributed by atoms with Gasteiger partial charge in [-0.1, -0.05) is 20.8 Å². The summed E-state index contributed by atoms with van der Waals surface area (Å²) in [4.78, 5) is 54.4. The van der Waals surface area contributed by atoms with Crippen LogP contribution in [0.4, 0.5) is 4.79 Å². The highest BCUT2D eigenvalue weighted by atomic mass is 16.6. The standard InChI is InChI=1S/C28H29N3O8/c1-5-15-16-9-14(39-28(36)30-21(26(33)34)8-13(2)3)6-7-20(16)29-23-18(15)11-31-22(23)10-17-19(25(31)32)12-38-27(35)24(17)37-4/h6-7,9-10,13,21,24H,5,8,11-12H2,1-4H3,(H,30,36)(H,33,34)/t21?,24-/m0/s1. The maximum absolute atomic E-state index is 13.4. The third kappa shape index (κ3) is 4.63. The first-order valence-electron chi connectivity index (χ1n) is 12.8. The topological polar surface area (TPSA) is 146 Å². The fraction of sp³-hybridized carbons (Fsp3) is 0.393. The van der Waals surface area contributed by atoms with Crippen molar-refractivity contribution in [1.82, 2.24) is 14.9 Å². The van der Waals surface area contributed by atoms with Gasteiger partial charge in [0.1, 0.15) is 18.4 Å². The highest BCUT2D eigenvalue weighted by Gasteiger charge is 2.35. The predicted octanol–water partition coefficient (Wildman–Crippen LogP) is 3.32. The molecule has 39 heavy (non-hydrogen) atoms. The molecule has 0 saturated heterocycles. The molecule has 0 aliphatic carbocycles. The van der Waals surface area contributed by atoms with E-state index in [9.17, 15) is 24.3 Å². The molecule has 2 aromatic heterocycles. The highest BCUT2D eigenvalue weighted by molar-refractivity contribution is 5.90. The molecule has 204 valence electrons. The molecule has 0 spiro atoms. The number of carboxylic acids is 1. The molecule has 2 atom stereocenters. The molecule has 2 N–H and O–H groups in total. The Morgan fingerprint density at radius 3 is 2.67 bits per heavy atom. The molecule has 1 aromatic carbocycles. The van der Waals surface area contributed by atoms with Gasteiger partial charge in [-0.25, -0.2) is 19.4 Å². The van der Waals surface area contributed by atoms with Gasteiger partial charge in [0.2, 0.25) is 0 Å². The van der Waals surface area contributed by atoms with Gasteiger partial charge < -0.3 is 29.2 Å². The number of aryl methyl sites for hydroxylation is 1. The number of carbonyl (C=O) groups is 3. The zero-order valence-electron chi connectivity index (χ0n) is 22.1. The first kappa shape index (κ1) is 26.4. The van der Waals surface area contributed by atoms with Crippen molar-refractivity contribution in [2.24, 2.45) is 5.92 Å². The SMILES string of the molecule is CCc1c2c(nc3ccc(OC(=O)NC(CC(C)C)C(=O)O)cc13)-c1cc3c(c(=O)n1C2)COC(=O)[C@H]3OC. The number of aromatic nitrogens is 2. The summed E-state index contributed by atoms with van der Waals surface area (Å²) in [6.45, 7) is 5.92. The zero-order valence-corrected chi connectivity index (χ0v) is 22.1. The van der Waals surface area contributed by atoms with E-state index in [-0.39, 0.29) is 30.3 Å². The maximum Gasteiger partial charge on any atom is 0.413 e. The minimum absolute atomic E-state index is 0.0722. The van der Waals surface area contributed by atoms with Crippen molar-refractivity contribution in [3.05, 3.63) is 56.9 Å². The molecule has 3 aromatic rings. The number of rotatable bonds is 7. The highest BCUT2D eigenvalue weighted by Crippen LogP contribution is 2.39. The molecule has 11 heteroatoms. The number of hydrogen-bond acceptors (Lipinski definition) is 8. The smallest absolute Gasteiger partial charge is 0.413 e. The van der Waals surface area contributed by atoms with Gasteiger partial charge in [-0.15, -0.1) is 0 Å². The van der Waals surface area contributed by atoms with Crippen LogP contribution >= 0.6 is 0 Å². The predicted molar refractivity (Wildman–Crippen MR) is 140 cm³/mol. The molecule has 0 fully saturated rings. The van der Waals surface area contributed by atoms with Crippen molar-refractivity contribution in [3.63, 3.8) is 0 Å². The second-order valence-electron chi connectivity index (χ2n) is 10.1. The van der Waals surface area contributed by atoms with Gasteiger partial charge in [0.05, 0.1) is 29.0 Å². The number of fused-ring (bicyclic) bond motifs is 5. The molecule has 1 unspecified atom stereocenters. The van der Waals surface area contributed by atoms with Crippen LogP contribution in [0, 0.1) is 5.92 Å². The van der Waals surface area contributed by atoms with Gasteiger partial charge in [0.15, 0.2) is 6.10 Å². The van der Waals surface area contributed by atoms with Gasteiger partial charge in [0, 0.05) is 23.6 Å². The quantitative estimate of drug-likeness (QED) is 0.340. The minimum Gasteiger partial charge on any atom is -0.480 e. The lowest BCUT2D eigenvalue weighted by atomic mass is 9.97. The van der Waals surface area contributed by atoms with Crippen molar-refractivity contribution in [1.29, 1.82) is 0 Å². The molecule has 0 bridgehead atoms. The number of nitrogens with zero attached hydrogens (tertiary/aromatic N) is 2. The number of cyclic esters (lactones) is 1. The van der Waals surface area contributed by atoms with Crippen LogP contribution in [0.1, 0.15) is 55.5 Å². The summed E-state index contributed by atoms with van der Waals surface area (Å²) < 4.78 is 17.5. The molecular weight excluding hydrogens is 506 g/mol. The van der Waals surface area contributed by atoms with Crippen molar-refractivity contribution >= 4 is 28.9 Å². The monoisotopic (exact) mass is 535 g/mol. The van der Waals surface area contributed by atoms with E-state index >= 15 is 0 Å². The Morgan fingerprint density at radius 2 is 2.00 bits per heavy atom. The van der Waals surface area contributed by atoms with Gasteiger partial charge in [-0.2, -0.15) is 0 Å². The van der Waals surface area contributed by atoms with Crippen LogP contribution in [0.3, 0.4) is 0 Å². The average molecular weight is 536 g/mol. The second-order valence-corrected chi connectivity index (χ2v) is 10.1. The van der Waals surface area contributed by atoms with Crippen LogP contribution in [-0.2, 0) is 38.6 Å². The number of aliphatic carboxylic acids is 1. The first-order valence-corrected chi connectivity index (χ1v) is 12.8. The minimum atomic E-state index is -1.13. The number of hydrogen-bond donors (Lipinski definition) is 2. The Kier molecular flexibility index (Phi) is 6.85. The molecule has 0 saturated carbocycles. The third-order valence-electron chi connectivity index (χ3n) is 7.12. The fourth-order valence-corrected chi connectivity index (χ4v) is 5.34. The lowest BCUT2D eigenvalue weighted by Gasteiger charge is -2.24. The van der Waals surface area contributed by atoms with Crippen LogP contribution in [0.25, 0.3) is 22.3 Å². The number of benzene rings is 1. The van der Waals surface area contributed by atoms with Crippen molar-refractivity contribution < 1.29 is 33.7 Å². The van der Waals surface area contributed by atoms with E-state index in [1.165, 1.54) is 7.11 Å². The molecule has 2 aliphatic rings. The molecule has 5 rings (SSSR count).